The quantitative estimate of drug-likeness (QED) is 0.123. The zero-order valence-electron chi connectivity index (χ0n) is 25.8. The lowest BCUT2D eigenvalue weighted by molar-refractivity contribution is -0.144. The lowest BCUT2D eigenvalue weighted by atomic mass is 9.76. The molecular weight excluding hydrogens is 582 g/mol. The van der Waals surface area contributed by atoms with Gasteiger partial charge in [0.25, 0.3) is 5.91 Å². The summed E-state index contributed by atoms with van der Waals surface area (Å²) in [5, 5.41) is 0. The summed E-state index contributed by atoms with van der Waals surface area (Å²) in [4.78, 5) is 39.2. The number of rotatable bonds is 13. The molecule has 0 saturated heterocycles. The van der Waals surface area contributed by atoms with Gasteiger partial charge in [-0.05, 0) is 73.0 Å². The third-order valence-electron chi connectivity index (χ3n) is 7.58. The average Bonchev–Trinajstić information content (AvgIpc) is 3.36. The van der Waals surface area contributed by atoms with Crippen molar-refractivity contribution in [3.05, 3.63) is 151 Å². The van der Waals surface area contributed by atoms with Crippen molar-refractivity contribution >= 4 is 23.5 Å². The molecule has 8 nitrogen and oxygen atoms in total. The molecule has 4 aromatic carbocycles. The number of nitrogens with zero attached hydrogens (tertiary/aromatic N) is 1. The van der Waals surface area contributed by atoms with Gasteiger partial charge in [0, 0.05) is 23.4 Å². The molecule has 2 unspecified atom stereocenters. The van der Waals surface area contributed by atoms with Crippen molar-refractivity contribution in [3.8, 4) is 11.5 Å². The van der Waals surface area contributed by atoms with Crippen LogP contribution < -0.4 is 14.4 Å². The van der Waals surface area contributed by atoms with E-state index in [1.807, 2.05) is 108 Å². The Bertz CT molecular complexity index is 1640. The minimum absolute atomic E-state index is 0.127. The van der Waals surface area contributed by atoms with E-state index in [-0.39, 0.29) is 19.1 Å². The number of benzene rings is 4. The lowest BCUT2D eigenvalue weighted by Gasteiger charge is -2.40. The predicted molar refractivity (Wildman–Crippen MR) is 175 cm³/mol. The molecule has 0 fully saturated rings. The second-order valence-electron chi connectivity index (χ2n) is 10.8. The third kappa shape index (κ3) is 6.42. The molecule has 1 aliphatic rings. The summed E-state index contributed by atoms with van der Waals surface area (Å²) in [6.07, 6.45) is 1.29. The van der Waals surface area contributed by atoms with Crippen molar-refractivity contribution in [3.63, 3.8) is 0 Å². The van der Waals surface area contributed by atoms with Crippen LogP contribution in [0.1, 0.15) is 40.9 Å². The fraction of sp³-hybridized carbons (Fsp3) is 0.184. The van der Waals surface area contributed by atoms with E-state index in [1.165, 1.54) is 0 Å². The van der Waals surface area contributed by atoms with Crippen molar-refractivity contribution in [2.24, 2.45) is 0 Å². The SMILES string of the molecule is C=CC(=O)OC(C)COc1ccc(C2(c3ccc(OCC(C)OC(=O)C=C)cc3)c3ccccc3C(=O)N2c2ccccc2)cc1. The number of hydrogen-bond donors (Lipinski definition) is 0. The minimum Gasteiger partial charge on any atom is -0.490 e. The van der Waals surface area contributed by atoms with Crippen LogP contribution >= 0.6 is 0 Å². The Balaban J connectivity index is 1.55. The largest absolute Gasteiger partial charge is 0.490 e. The predicted octanol–water partition coefficient (Wildman–Crippen LogP) is 6.63. The molecule has 2 atom stereocenters. The Morgan fingerprint density at radius 2 is 1.15 bits per heavy atom. The second kappa shape index (κ2) is 14.0. The number of ether oxygens (including phenoxy) is 4. The van der Waals surface area contributed by atoms with Crippen LogP contribution in [0.25, 0.3) is 0 Å². The van der Waals surface area contributed by atoms with E-state index >= 15 is 0 Å². The maximum Gasteiger partial charge on any atom is 0.330 e. The number of para-hydroxylation sites is 1. The highest BCUT2D eigenvalue weighted by Gasteiger charge is 2.52. The molecule has 0 bridgehead atoms. The summed E-state index contributed by atoms with van der Waals surface area (Å²) in [5.41, 5.74) is 2.81. The van der Waals surface area contributed by atoms with E-state index in [4.69, 9.17) is 18.9 Å². The number of fused-ring (bicyclic) bond motifs is 1. The van der Waals surface area contributed by atoms with Crippen molar-refractivity contribution in [1.82, 2.24) is 0 Å². The second-order valence-corrected chi connectivity index (χ2v) is 10.8. The molecular formula is C38H35NO7. The molecule has 4 aromatic rings. The summed E-state index contributed by atoms with van der Waals surface area (Å²) in [6, 6.07) is 32.4. The van der Waals surface area contributed by atoms with Crippen LogP contribution in [0, 0.1) is 0 Å². The summed E-state index contributed by atoms with van der Waals surface area (Å²) in [7, 11) is 0. The van der Waals surface area contributed by atoms with Gasteiger partial charge in [0.1, 0.15) is 42.5 Å². The molecule has 5 rings (SSSR count). The smallest absolute Gasteiger partial charge is 0.330 e. The van der Waals surface area contributed by atoms with Gasteiger partial charge >= 0.3 is 11.9 Å². The summed E-state index contributed by atoms with van der Waals surface area (Å²) in [6.45, 7) is 10.7. The Hall–Kier alpha value is -5.63. The van der Waals surface area contributed by atoms with Gasteiger partial charge in [-0.3, -0.25) is 9.69 Å². The monoisotopic (exact) mass is 617 g/mol. The van der Waals surface area contributed by atoms with E-state index in [9.17, 15) is 14.4 Å². The number of amides is 1. The highest BCUT2D eigenvalue weighted by atomic mass is 16.6. The first-order valence-corrected chi connectivity index (χ1v) is 14.9. The third-order valence-corrected chi connectivity index (χ3v) is 7.58. The van der Waals surface area contributed by atoms with Gasteiger partial charge in [-0.1, -0.05) is 73.8 Å². The molecule has 1 heterocycles. The normalized spacial score (nSPS) is 16.5. The summed E-state index contributed by atoms with van der Waals surface area (Å²) in [5.74, 6) is 0.0128. The van der Waals surface area contributed by atoms with Gasteiger partial charge in [0.15, 0.2) is 0 Å². The Labute approximate surface area is 268 Å². The molecule has 0 N–H and O–H groups in total. The van der Waals surface area contributed by atoms with E-state index in [1.54, 1.807) is 13.8 Å². The highest BCUT2D eigenvalue weighted by molar-refractivity contribution is 6.13. The van der Waals surface area contributed by atoms with E-state index in [2.05, 4.69) is 13.2 Å². The average molecular weight is 618 g/mol. The van der Waals surface area contributed by atoms with Gasteiger partial charge in [0.2, 0.25) is 0 Å². The van der Waals surface area contributed by atoms with E-state index in [0.29, 0.717) is 17.1 Å². The van der Waals surface area contributed by atoms with Crippen LogP contribution in [0.4, 0.5) is 5.69 Å². The molecule has 0 aliphatic carbocycles. The van der Waals surface area contributed by atoms with Crippen molar-refractivity contribution in [2.75, 3.05) is 18.1 Å². The maximum atomic E-state index is 14.3. The molecule has 8 heteroatoms. The zero-order chi connectivity index (χ0) is 32.7. The van der Waals surface area contributed by atoms with Gasteiger partial charge < -0.3 is 18.9 Å². The van der Waals surface area contributed by atoms with Crippen LogP contribution in [-0.2, 0) is 24.6 Å². The number of anilines is 1. The van der Waals surface area contributed by atoms with Crippen LogP contribution in [0.5, 0.6) is 11.5 Å². The van der Waals surface area contributed by atoms with Gasteiger partial charge in [0.05, 0.1) is 0 Å². The number of carbonyl (C=O) groups is 3. The van der Waals surface area contributed by atoms with Crippen molar-refractivity contribution < 1.29 is 33.3 Å². The Morgan fingerprint density at radius 3 is 1.63 bits per heavy atom. The van der Waals surface area contributed by atoms with E-state index in [0.717, 1.165) is 34.5 Å². The van der Waals surface area contributed by atoms with Gasteiger partial charge in [-0.25, -0.2) is 9.59 Å². The number of hydrogen-bond acceptors (Lipinski definition) is 7. The first kappa shape index (κ1) is 31.8. The Morgan fingerprint density at radius 1 is 0.696 bits per heavy atom. The molecule has 1 amide bonds. The molecule has 0 saturated carbocycles. The number of esters is 2. The minimum atomic E-state index is -1.04. The standard InChI is InChI=1S/C38H35NO7/c1-5-35(40)45-26(3)24-43-31-20-16-28(17-21-31)38(29-18-22-32(23-19-29)44-25-27(4)46-36(41)6-2)34-15-11-10-14-33(34)37(42)39(38)30-12-8-7-9-13-30/h5-23,26-27H,1-2,24-25H2,3-4H3. The first-order valence-electron chi connectivity index (χ1n) is 14.9. The van der Waals surface area contributed by atoms with Crippen LogP contribution in [0.2, 0.25) is 0 Å². The zero-order valence-corrected chi connectivity index (χ0v) is 25.8. The van der Waals surface area contributed by atoms with Crippen molar-refractivity contribution in [2.45, 2.75) is 31.6 Å². The van der Waals surface area contributed by atoms with Crippen LogP contribution in [-0.4, -0.2) is 43.3 Å². The van der Waals surface area contributed by atoms with Gasteiger partial charge in [-0.2, -0.15) is 0 Å². The van der Waals surface area contributed by atoms with Crippen LogP contribution in [0.3, 0.4) is 0 Å². The fourth-order valence-corrected chi connectivity index (χ4v) is 5.57. The first-order chi connectivity index (χ1) is 22.3. The molecule has 234 valence electrons. The fourth-order valence-electron chi connectivity index (χ4n) is 5.57. The molecule has 1 aliphatic heterocycles. The highest BCUT2D eigenvalue weighted by Crippen LogP contribution is 2.51. The van der Waals surface area contributed by atoms with E-state index < -0.39 is 29.7 Å². The molecule has 0 aromatic heterocycles. The van der Waals surface area contributed by atoms with Crippen LogP contribution in [0.15, 0.2) is 128 Å². The Kier molecular flexibility index (Phi) is 9.67. The number of carbonyl (C=O) groups excluding carboxylic acids is 3. The van der Waals surface area contributed by atoms with Gasteiger partial charge in [-0.15, -0.1) is 0 Å². The summed E-state index contributed by atoms with van der Waals surface area (Å²) >= 11 is 0. The summed E-state index contributed by atoms with van der Waals surface area (Å²) < 4.78 is 22.3. The lowest BCUT2D eigenvalue weighted by Crippen LogP contribution is -2.46. The van der Waals surface area contributed by atoms with Crippen molar-refractivity contribution in [1.29, 1.82) is 0 Å². The topological polar surface area (TPSA) is 91.4 Å². The molecule has 0 radical (unpaired) electrons. The molecule has 0 spiro atoms. The maximum absolute atomic E-state index is 14.3. The molecule has 46 heavy (non-hydrogen) atoms.